The second-order valence-electron chi connectivity index (χ2n) is 4.46. The normalized spacial score (nSPS) is 21.7. The van der Waals surface area contributed by atoms with Gasteiger partial charge in [-0.2, -0.15) is 11.8 Å². The summed E-state index contributed by atoms with van der Waals surface area (Å²) in [4.78, 5) is 11.6. The average Bonchev–Trinajstić information content (AvgIpc) is 2.29. The number of aryl methyl sites for hydroxylation is 1. The average molecular weight is 252 g/mol. The number of thioether (sulfide) groups is 1. The van der Waals surface area contributed by atoms with Gasteiger partial charge >= 0.3 is 0 Å². The van der Waals surface area contributed by atoms with E-state index >= 15 is 0 Å². The molecule has 5 heteroatoms. The summed E-state index contributed by atoms with van der Waals surface area (Å²) >= 11 is 1.99. The lowest BCUT2D eigenvalue weighted by Gasteiger charge is -2.31. The van der Waals surface area contributed by atoms with Crippen molar-refractivity contribution in [3.63, 3.8) is 0 Å². The third-order valence-corrected chi connectivity index (χ3v) is 4.00. The third-order valence-electron chi connectivity index (χ3n) is 2.98. The number of hydrogen-bond donors (Lipinski definition) is 1. The van der Waals surface area contributed by atoms with Gasteiger partial charge in [-0.1, -0.05) is 0 Å². The zero-order valence-corrected chi connectivity index (χ0v) is 11.5. The van der Waals surface area contributed by atoms with Crippen LogP contribution in [0.1, 0.15) is 23.3 Å². The first kappa shape index (κ1) is 12.8. The Labute approximate surface area is 107 Å². The molecule has 1 aromatic heterocycles. The van der Waals surface area contributed by atoms with Crippen molar-refractivity contribution in [2.45, 2.75) is 19.5 Å². The Balaban J connectivity index is 2.24. The maximum atomic E-state index is 4.67. The van der Waals surface area contributed by atoms with Crippen molar-refractivity contribution in [2.24, 2.45) is 0 Å². The Morgan fingerprint density at radius 3 is 3.06 bits per heavy atom. The molecule has 0 radical (unpaired) electrons. The quantitative estimate of drug-likeness (QED) is 0.876. The van der Waals surface area contributed by atoms with E-state index in [0.29, 0.717) is 6.04 Å². The molecule has 0 saturated carbocycles. The lowest BCUT2D eigenvalue weighted by atomic mass is 10.2. The van der Waals surface area contributed by atoms with Crippen molar-refractivity contribution in [1.82, 2.24) is 20.2 Å². The Kier molecular flexibility index (Phi) is 4.36. The molecule has 1 N–H and O–H groups in total. The lowest BCUT2D eigenvalue weighted by Crippen LogP contribution is -2.34. The van der Waals surface area contributed by atoms with E-state index in [-0.39, 0.29) is 0 Å². The minimum Gasteiger partial charge on any atom is -0.314 e. The Morgan fingerprint density at radius 2 is 2.35 bits per heavy atom. The first-order chi connectivity index (χ1) is 8.20. The summed E-state index contributed by atoms with van der Waals surface area (Å²) in [6, 6.07) is 2.42. The van der Waals surface area contributed by atoms with Gasteiger partial charge in [0.1, 0.15) is 5.82 Å². The Morgan fingerprint density at radius 1 is 1.53 bits per heavy atom. The van der Waals surface area contributed by atoms with E-state index in [4.69, 9.17) is 0 Å². The van der Waals surface area contributed by atoms with E-state index in [0.717, 1.165) is 36.1 Å². The Hall–Kier alpha value is -0.650. The van der Waals surface area contributed by atoms with Gasteiger partial charge < -0.3 is 5.32 Å². The molecule has 0 aliphatic carbocycles. The molecule has 0 bridgehead atoms. The van der Waals surface area contributed by atoms with E-state index < -0.39 is 0 Å². The predicted octanol–water partition coefficient (Wildman–Crippen LogP) is 1.22. The summed E-state index contributed by atoms with van der Waals surface area (Å²) in [5.74, 6) is 3.28. The second-order valence-corrected chi connectivity index (χ2v) is 5.61. The van der Waals surface area contributed by atoms with Crippen molar-refractivity contribution in [3.05, 3.63) is 23.3 Å². The summed E-state index contributed by atoms with van der Waals surface area (Å²) < 4.78 is 0. The Bertz CT molecular complexity index is 383. The number of aromatic nitrogens is 2. The van der Waals surface area contributed by atoms with E-state index in [2.05, 4.69) is 33.3 Å². The van der Waals surface area contributed by atoms with Gasteiger partial charge in [0.05, 0.1) is 11.7 Å². The molecule has 1 saturated heterocycles. The lowest BCUT2D eigenvalue weighted by molar-refractivity contribution is 0.263. The van der Waals surface area contributed by atoms with Crippen LogP contribution in [-0.2, 0) is 6.54 Å². The van der Waals surface area contributed by atoms with Crippen LogP contribution >= 0.6 is 11.8 Å². The van der Waals surface area contributed by atoms with Gasteiger partial charge in [0, 0.05) is 30.3 Å². The number of rotatable bonds is 3. The van der Waals surface area contributed by atoms with E-state index in [9.17, 15) is 0 Å². The van der Waals surface area contributed by atoms with Crippen LogP contribution in [0.4, 0.5) is 0 Å². The molecule has 4 nitrogen and oxygen atoms in total. The summed E-state index contributed by atoms with van der Waals surface area (Å²) in [6.07, 6.45) is 0. The fraction of sp³-hybridized carbons (Fsp3) is 0.667. The van der Waals surface area contributed by atoms with Crippen LogP contribution in [0.5, 0.6) is 0 Å². The van der Waals surface area contributed by atoms with Crippen LogP contribution in [0.25, 0.3) is 0 Å². The highest BCUT2D eigenvalue weighted by atomic mass is 32.2. The van der Waals surface area contributed by atoms with Gasteiger partial charge in [0.15, 0.2) is 0 Å². The second kappa shape index (κ2) is 5.80. The van der Waals surface area contributed by atoms with Crippen molar-refractivity contribution in [1.29, 1.82) is 0 Å². The highest BCUT2D eigenvalue weighted by molar-refractivity contribution is 7.99. The van der Waals surface area contributed by atoms with Crippen LogP contribution in [0, 0.1) is 6.92 Å². The molecule has 1 unspecified atom stereocenters. The van der Waals surface area contributed by atoms with Crippen molar-refractivity contribution < 1.29 is 0 Å². The number of nitrogens with zero attached hydrogens (tertiary/aromatic N) is 3. The van der Waals surface area contributed by atoms with E-state index in [1.165, 1.54) is 5.75 Å². The molecule has 0 spiro atoms. The van der Waals surface area contributed by atoms with Crippen LogP contribution in [-0.4, -0.2) is 47.0 Å². The molecule has 1 aliphatic heterocycles. The molecule has 17 heavy (non-hydrogen) atoms. The maximum absolute atomic E-state index is 4.67. The zero-order valence-electron chi connectivity index (χ0n) is 10.7. The minimum atomic E-state index is 0.365. The number of nitrogens with one attached hydrogen (secondary N) is 1. The molecule has 1 aliphatic rings. The van der Waals surface area contributed by atoms with Gasteiger partial charge in [0.2, 0.25) is 0 Å². The largest absolute Gasteiger partial charge is 0.314 e. The SMILES string of the molecule is CNCc1cc(C)nc(C2CSCCN2C)n1. The summed E-state index contributed by atoms with van der Waals surface area (Å²) in [6.45, 7) is 3.97. The van der Waals surface area contributed by atoms with Gasteiger partial charge in [-0.05, 0) is 27.1 Å². The van der Waals surface area contributed by atoms with Crippen LogP contribution in [0.15, 0.2) is 6.07 Å². The maximum Gasteiger partial charge on any atom is 0.146 e. The van der Waals surface area contributed by atoms with Crippen molar-refractivity contribution in [3.8, 4) is 0 Å². The topological polar surface area (TPSA) is 41.1 Å². The highest BCUT2D eigenvalue weighted by Crippen LogP contribution is 2.26. The molecule has 1 fully saturated rings. The first-order valence-corrected chi connectivity index (χ1v) is 7.13. The van der Waals surface area contributed by atoms with Gasteiger partial charge in [-0.25, -0.2) is 9.97 Å². The van der Waals surface area contributed by atoms with Gasteiger partial charge in [0.25, 0.3) is 0 Å². The highest BCUT2D eigenvalue weighted by Gasteiger charge is 2.23. The standard InChI is InChI=1S/C12H20N4S/c1-9-6-10(7-13-2)15-12(14-9)11-8-17-5-4-16(11)3/h6,11,13H,4-5,7-8H2,1-3H3. The summed E-state index contributed by atoms with van der Waals surface area (Å²) in [7, 11) is 4.10. The smallest absolute Gasteiger partial charge is 0.146 e. The molecule has 0 amide bonds. The van der Waals surface area contributed by atoms with Crippen LogP contribution < -0.4 is 5.32 Å². The summed E-state index contributed by atoms with van der Waals surface area (Å²) in [5, 5.41) is 3.14. The minimum absolute atomic E-state index is 0.365. The molecule has 0 aromatic carbocycles. The van der Waals surface area contributed by atoms with E-state index in [1.54, 1.807) is 0 Å². The summed E-state index contributed by atoms with van der Waals surface area (Å²) in [5.41, 5.74) is 2.14. The van der Waals surface area contributed by atoms with Gasteiger partial charge in [-0.15, -0.1) is 0 Å². The van der Waals surface area contributed by atoms with E-state index in [1.807, 2.05) is 25.7 Å². The molecule has 94 valence electrons. The van der Waals surface area contributed by atoms with Crippen LogP contribution in [0.2, 0.25) is 0 Å². The molecular formula is C12H20N4S. The fourth-order valence-electron chi connectivity index (χ4n) is 2.04. The molecule has 2 heterocycles. The predicted molar refractivity (Wildman–Crippen MR) is 72.2 cm³/mol. The monoisotopic (exact) mass is 252 g/mol. The first-order valence-electron chi connectivity index (χ1n) is 5.97. The molecule has 1 atom stereocenters. The van der Waals surface area contributed by atoms with Crippen LogP contribution in [0.3, 0.4) is 0 Å². The number of hydrogen-bond acceptors (Lipinski definition) is 5. The fourth-order valence-corrected chi connectivity index (χ4v) is 3.25. The zero-order chi connectivity index (χ0) is 12.3. The third kappa shape index (κ3) is 3.18. The molecular weight excluding hydrogens is 232 g/mol. The molecule has 2 rings (SSSR count). The molecule has 1 aromatic rings. The van der Waals surface area contributed by atoms with Crippen molar-refractivity contribution in [2.75, 3.05) is 32.1 Å². The van der Waals surface area contributed by atoms with Crippen molar-refractivity contribution >= 4 is 11.8 Å². The van der Waals surface area contributed by atoms with Gasteiger partial charge in [-0.3, -0.25) is 4.90 Å².